The average Bonchev–Trinajstić information content (AvgIpc) is 2.68. The Morgan fingerprint density at radius 1 is 1.17 bits per heavy atom. The van der Waals surface area contributed by atoms with Crippen molar-refractivity contribution in [1.82, 2.24) is 5.32 Å². The lowest BCUT2D eigenvalue weighted by Gasteiger charge is -2.57. The van der Waals surface area contributed by atoms with Gasteiger partial charge in [0.1, 0.15) is 0 Å². The first-order valence-corrected chi connectivity index (χ1v) is 10.4. The van der Waals surface area contributed by atoms with Crippen molar-refractivity contribution in [3.8, 4) is 0 Å². The summed E-state index contributed by atoms with van der Waals surface area (Å²) in [5.41, 5.74) is 4.70. The Balaban J connectivity index is 1.43. The molecule has 6 rings (SSSR count). The zero-order chi connectivity index (χ0) is 20.0. The number of alkyl halides is 1. The van der Waals surface area contributed by atoms with E-state index in [9.17, 15) is 14.3 Å². The van der Waals surface area contributed by atoms with Crippen molar-refractivity contribution in [1.29, 1.82) is 0 Å². The van der Waals surface area contributed by atoms with E-state index in [1.807, 2.05) is 0 Å². The van der Waals surface area contributed by atoms with Crippen molar-refractivity contribution in [3.05, 3.63) is 53.5 Å². The molecule has 5 aliphatic rings. The Kier molecular flexibility index (Phi) is 4.39. The lowest BCUT2D eigenvalue weighted by atomic mass is 9.53. The molecule has 0 radical (unpaired) electrons. The fourth-order valence-corrected chi connectivity index (χ4v) is 6.19. The van der Waals surface area contributed by atoms with Crippen LogP contribution in [0.1, 0.15) is 48.9 Å². The van der Waals surface area contributed by atoms with E-state index in [0.29, 0.717) is 11.3 Å². The molecule has 4 bridgehead atoms. The van der Waals surface area contributed by atoms with Crippen molar-refractivity contribution in [3.63, 3.8) is 0 Å². The van der Waals surface area contributed by atoms with Gasteiger partial charge in [-0.2, -0.15) is 0 Å². The number of aromatic carboxylic acids is 1. The topological polar surface area (TPSA) is 73.4 Å². The Labute approximate surface area is 169 Å². The van der Waals surface area contributed by atoms with E-state index in [4.69, 9.17) is 0 Å². The van der Waals surface area contributed by atoms with Crippen LogP contribution in [0, 0.1) is 17.8 Å². The van der Waals surface area contributed by atoms with E-state index in [1.165, 1.54) is 25.3 Å². The predicted octanol–water partition coefficient (Wildman–Crippen LogP) is 4.63. The molecule has 1 aromatic rings. The Morgan fingerprint density at radius 2 is 1.86 bits per heavy atom. The quantitative estimate of drug-likeness (QED) is 0.418. The molecule has 0 amide bonds. The normalized spacial score (nSPS) is 32.4. The molecule has 4 N–H and O–H groups in total. The molecule has 1 aromatic carbocycles. The third-order valence-electron chi connectivity index (χ3n) is 6.95. The number of hydrogen-bond donors (Lipinski definition) is 4. The van der Waals surface area contributed by atoms with Crippen LogP contribution in [0.5, 0.6) is 0 Å². The van der Waals surface area contributed by atoms with E-state index in [0.717, 1.165) is 42.7 Å². The summed E-state index contributed by atoms with van der Waals surface area (Å²) in [6.07, 6.45) is 10.8. The zero-order valence-electron chi connectivity index (χ0n) is 16.2. The predicted molar refractivity (Wildman–Crippen MR) is 110 cm³/mol. The molecule has 1 heterocycles. The number of carboxylic acids is 1. The standard InChI is InChI=1S/C23H26FN3O2/c24-21(18-2-1-5-25-13-18)26-20-9-17(22(28)29)3-4-19(20)27-23-10-14-6-15(11-23)8-16(7-14)12-23/h2-5,9,13-16,21,25-27H,6-8,10-12H2,(H,28,29). The van der Waals surface area contributed by atoms with E-state index in [1.54, 1.807) is 30.6 Å². The number of hydrogen-bond acceptors (Lipinski definition) is 4. The van der Waals surface area contributed by atoms with Crippen LogP contribution in [0.2, 0.25) is 0 Å². The fourth-order valence-electron chi connectivity index (χ4n) is 6.19. The second-order valence-corrected chi connectivity index (χ2v) is 9.16. The highest BCUT2D eigenvalue weighted by Crippen LogP contribution is 2.57. The average molecular weight is 395 g/mol. The number of anilines is 2. The first kappa shape index (κ1) is 18.3. The summed E-state index contributed by atoms with van der Waals surface area (Å²) in [6.45, 7) is 0. The number of rotatable bonds is 6. The largest absolute Gasteiger partial charge is 0.478 e. The molecule has 1 unspecified atom stereocenters. The van der Waals surface area contributed by atoms with Gasteiger partial charge in [0.25, 0.3) is 0 Å². The molecule has 0 aromatic heterocycles. The maximum absolute atomic E-state index is 14.9. The summed E-state index contributed by atoms with van der Waals surface area (Å²) in [5, 5.41) is 18.8. The van der Waals surface area contributed by atoms with Crippen LogP contribution < -0.4 is 16.0 Å². The lowest BCUT2D eigenvalue weighted by Crippen LogP contribution is -2.54. The molecule has 0 saturated heterocycles. The number of nitrogens with one attached hydrogen (secondary N) is 3. The van der Waals surface area contributed by atoms with Crippen LogP contribution in [0.3, 0.4) is 0 Å². The van der Waals surface area contributed by atoms with Gasteiger partial charge in [-0.1, -0.05) is 0 Å². The van der Waals surface area contributed by atoms with Crippen molar-refractivity contribution >= 4 is 17.3 Å². The van der Waals surface area contributed by atoms with Crippen LogP contribution >= 0.6 is 0 Å². The van der Waals surface area contributed by atoms with Gasteiger partial charge >= 0.3 is 5.97 Å². The van der Waals surface area contributed by atoms with Crippen LogP contribution in [0.4, 0.5) is 15.8 Å². The van der Waals surface area contributed by atoms with Crippen LogP contribution in [0.25, 0.3) is 0 Å². The second-order valence-electron chi connectivity index (χ2n) is 9.16. The molecule has 4 aliphatic carbocycles. The Bertz CT molecular complexity index is 897. The van der Waals surface area contributed by atoms with Crippen molar-refractivity contribution in [2.45, 2.75) is 50.4 Å². The third kappa shape index (κ3) is 3.53. The summed E-state index contributed by atoms with van der Waals surface area (Å²) in [4.78, 5) is 11.5. The van der Waals surface area contributed by atoms with Gasteiger partial charge in [0.15, 0.2) is 6.30 Å². The SMILES string of the molecule is O=C(O)c1ccc(NC23CC4CC(CC(C4)C2)C3)c(NC(F)C2=CNC=C=C2)c1. The Hall–Kier alpha value is -2.72. The summed E-state index contributed by atoms with van der Waals surface area (Å²) in [7, 11) is 0. The Morgan fingerprint density at radius 3 is 2.45 bits per heavy atom. The molecule has 0 spiro atoms. The van der Waals surface area contributed by atoms with E-state index in [-0.39, 0.29) is 11.1 Å². The lowest BCUT2D eigenvalue weighted by molar-refractivity contribution is 0.0107. The van der Waals surface area contributed by atoms with Gasteiger partial charge in [-0.15, -0.1) is 5.73 Å². The summed E-state index contributed by atoms with van der Waals surface area (Å²) in [5.74, 6) is 1.33. The molecule has 152 valence electrons. The van der Waals surface area contributed by atoms with Gasteiger partial charge in [0.05, 0.1) is 16.9 Å². The minimum absolute atomic E-state index is 0.0516. The summed E-state index contributed by atoms with van der Waals surface area (Å²) < 4.78 is 14.9. The molecule has 1 atom stereocenters. The number of halogens is 1. The molecule has 29 heavy (non-hydrogen) atoms. The fraction of sp³-hybridized carbons (Fsp3) is 0.478. The van der Waals surface area contributed by atoms with Gasteiger partial charge in [-0.25, -0.2) is 9.18 Å². The highest BCUT2D eigenvalue weighted by Gasteiger charge is 2.51. The highest BCUT2D eigenvalue weighted by molar-refractivity contribution is 5.91. The maximum atomic E-state index is 14.9. The summed E-state index contributed by atoms with van der Waals surface area (Å²) in [6, 6.07) is 4.89. The van der Waals surface area contributed by atoms with Crippen molar-refractivity contribution in [2.24, 2.45) is 17.8 Å². The molecule has 6 heteroatoms. The second kappa shape index (κ2) is 6.96. The van der Waals surface area contributed by atoms with Crippen molar-refractivity contribution < 1.29 is 14.3 Å². The van der Waals surface area contributed by atoms with Gasteiger partial charge < -0.3 is 21.1 Å². The number of benzene rings is 1. The van der Waals surface area contributed by atoms with Crippen molar-refractivity contribution in [2.75, 3.05) is 10.6 Å². The van der Waals surface area contributed by atoms with Gasteiger partial charge in [-0.3, -0.25) is 0 Å². The maximum Gasteiger partial charge on any atom is 0.335 e. The first-order chi connectivity index (χ1) is 14.0. The smallest absolute Gasteiger partial charge is 0.335 e. The molecule has 4 saturated carbocycles. The van der Waals surface area contributed by atoms with E-state index >= 15 is 0 Å². The number of carbonyl (C=O) groups is 1. The third-order valence-corrected chi connectivity index (χ3v) is 6.95. The number of carboxylic acid groups (broad SMARTS) is 1. The van der Waals surface area contributed by atoms with Crippen LogP contribution in [-0.4, -0.2) is 22.9 Å². The molecular formula is C23H26FN3O2. The first-order valence-electron chi connectivity index (χ1n) is 10.4. The molecule has 5 nitrogen and oxygen atoms in total. The van der Waals surface area contributed by atoms with Gasteiger partial charge in [0, 0.05) is 23.5 Å². The molecular weight excluding hydrogens is 369 g/mol. The van der Waals surface area contributed by atoms with Crippen LogP contribution in [0.15, 0.2) is 48.0 Å². The summed E-state index contributed by atoms with van der Waals surface area (Å²) >= 11 is 0. The highest BCUT2D eigenvalue weighted by atomic mass is 19.1. The minimum Gasteiger partial charge on any atom is -0.478 e. The van der Waals surface area contributed by atoms with Gasteiger partial charge in [-0.05, 0) is 80.6 Å². The monoisotopic (exact) mass is 395 g/mol. The van der Waals surface area contributed by atoms with E-state index in [2.05, 4.69) is 21.7 Å². The van der Waals surface area contributed by atoms with Gasteiger partial charge in [0.2, 0.25) is 0 Å². The molecule has 4 fully saturated rings. The minimum atomic E-state index is -1.47. The molecule has 1 aliphatic heterocycles. The zero-order valence-corrected chi connectivity index (χ0v) is 16.2. The van der Waals surface area contributed by atoms with Crippen LogP contribution in [-0.2, 0) is 0 Å². The van der Waals surface area contributed by atoms with E-state index < -0.39 is 12.3 Å².